The predicted molar refractivity (Wildman–Crippen MR) is 163 cm³/mol. The SMILES string of the molecule is Cc1nc2c(F)cc(-c3nc(Nc4ccc(N(C)CCN(C)c5ccc(C(=O)NO)cn5)cn4)ncc3F)cc2n1C(C)C. The molecule has 1 amide bonds. The van der Waals surface area contributed by atoms with E-state index in [1.807, 2.05) is 55.3 Å². The Kier molecular flexibility index (Phi) is 8.62. The van der Waals surface area contributed by atoms with Crippen LogP contribution in [0.15, 0.2) is 55.0 Å². The lowest BCUT2D eigenvalue weighted by Gasteiger charge is -2.24. The monoisotopic (exact) mass is 602 g/mol. The number of benzene rings is 1. The number of carbonyl (C=O) groups is 1. The Morgan fingerprint density at radius 3 is 2.39 bits per heavy atom. The summed E-state index contributed by atoms with van der Waals surface area (Å²) in [5.41, 5.74) is 3.72. The second-order valence-corrected chi connectivity index (χ2v) is 10.6. The van der Waals surface area contributed by atoms with Crippen molar-refractivity contribution in [3.8, 4) is 11.3 Å². The van der Waals surface area contributed by atoms with E-state index in [-0.39, 0.29) is 34.3 Å². The van der Waals surface area contributed by atoms with E-state index in [0.29, 0.717) is 36.1 Å². The summed E-state index contributed by atoms with van der Waals surface area (Å²) in [6.07, 6.45) is 4.12. The molecule has 0 aliphatic carbocycles. The number of amides is 1. The zero-order valence-electron chi connectivity index (χ0n) is 24.9. The Labute approximate surface area is 252 Å². The van der Waals surface area contributed by atoms with Gasteiger partial charge in [0.05, 0.1) is 29.2 Å². The quantitative estimate of drug-likeness (QED) is 0.150. The summed E-state index contributed by atoms with van der Waals surface area (Å²) in [4.78, 5) is 36.9. The van der Waals surface area contributed by atoms with Gasteiger partial charge in [-0.1, -0.05) is 0 Å². The van der Waals surface area contributed by atoms with Gasteiger partial charge in [-0.05, 0) is 57.2 Å². The Hall–Kier alpha value is -5.24. The second kappa shape index (κ2) is 12.6. The summed E-state index contributed by atoms with van der Waals surface area (Å²) in [5, 5.41) is 11.7. The van der Waals surface area contributed by atoms with Crippen LogP contribution in [0.1, 0.15) is 36.1 Å². The van der Waals surface area contributed by atoms with E-state index >= 15 is 4.39 Å². The highest BCUT2D eigenvalue weighted by Gasteiger charge is 2.18. The molecule has 12 nitrogen and oxygen atoms in total. The molecule has 0 aliphatic heterocycles. The van der Waals surface area contributed by atoms with Crippen LogP contribution in [0.2, 0.25) is 0 Å². The molecule has 0 fully saturated rings. The number of aromatic nitrogens is 6. The maximum Gasteiger partial charge on any atom is 0.276 e. The van der Waals surface area contributed by atoms with Gasteiger partial charge < -0.3 is 19.7 Å². The fourth-order valence-electron chi connectivity index (χ4n) is 4.84. The summed E-state index contributed by atoms with van der Waals surface area (Å²) < 4.78 is 31.8. The Morgan fingerprint density at radius 2 is 1.73 bits per heavy atom. The smallest absolute Gasteiger partial charge is 0.276 e. The summed E-state index contributed by atoms with van der Waals surface area (Å²) in [6.45, 7) is 7.03. The second-order valence-electron chi connectivity index (χ2n) is 10.6. The van der Waals surface area contributed by atoms with Crippen LogP contribution in [0.25, 0.3) is 22.3 Å². The van der Waals surface area contributed by atoms with Crippen molar-refractivity contribution < 1.29 is 18.8 Å². The number of nitrogens with zero attached hydrogens (tertiary/aromatic N) is 8. The molecule has 3 N–H and O–H groups in total. The number of rotatable bonds is 10. The Balaban J connectivity index is 1.26. The molecule has 44 heavy (non-hydrogen) atoms. The highest BCUT2D eigenvalue weighted by molar-refractivity contribution is 5.93. The molecule has 0 aliphatic rings. The lowest BCUT2D eigenvalue weighted by Crippen LogP contribution is -2.31. The third kappa shape index (κ3) is 6.24. The van der Waals surface area contributed by atoms with Crippen LogP contribution in [0, 0.1) is 18.6 Å². The van der Waals surface area contributed by atoms with Crippen LogP contribution in [0.4, 0.5) is 32.1 Å². The van der Waals surface area contributed by atoms with Gasteiger partial charge in [-0.15, -0.1) is 0 Å². The maximum absolute atomic E-state index is 15.0. The third-order valence-corrected chi connectivity index (χ3v) is 7.16. The molecule has 0 bridgehead atoms. The lowest BCUT2D eigenvalue weighted by molar-refractivity contribution is 0.0706. The van der Waals surface area contributed by atoms with Gasteiger partial charge in [0.15, 0.2) is 11.6 Å². The summed E-state index contributed by atoms with van der Waals surface area (Å²) in [7, 11) is 3.81. The molecule has 5 aromatic rings. The van der Waals surface area contributed by atoms with Gasteiger partial charge in [0.1, 0.15) is 28.7 Å². The molecule has 228 valence electrons. The first-order valence-electron chi connectivity index (χ1n) is 13.8. The van der Waals surface area contributed by atoms with Crippen LogP contribution in [0.5, 0.6) is 0 Å². The molecule has 1 aromatic carbocycles. The first-order chi connectivity index (χ1) is 21.0. The van der Waals surface area contributed by atoms with Crippen LogP contribution in [-0.2, 0) is 0 Å². The van der Waals surface area contributed by atoms with Gasteiger partial charge in [0.25, 0.3) is 5.91 Å². The van der Waals surface area contributed by atoms with E-state index in [9.17, 15) is 9.18 Å². The van der Waals surface area contributed by atoms with E-state index in [0.717, 1.165) is 11.9 Å². The van der Waals surface area contributed by atoms with Crippen molar-refractivity contribution in [1.82, 2.24) is 35.0 Å². The molecular weight excluding hydrogens is 570 g/mol. The molecule has 0 saturated heterocycles. The first-order valence-corrected chi connectivity index (χ1v) is 13.8. The molecule has 4 aromatic heterocycles. The molecule has 4 heterocycles. The molecule has 0 spiro atoms. The molecule has 0 radical (unpaired) electrons. The van der Waals surface area contributed by atoms with E-state index in [4.69, 9.17) is 5.21 Å². The van der Waals surface area contributed by atoms with E-state index in [1.165, 1.54) is 12.3 Å². The van der Waals surface area contributed by atoms with Crippen LogP contribution >= 0.6 is 0 Å². The number of hydrogen-bond donors (Lipinski definition) is 3. The van der Waals surface area contributed by atoms with Gasteiger partial charge in [-0.25, -0.2) is 39.2 Å². The molecule has 14 heteroatoms. The highest BCUT2D eigenvalue weighted by atomic mass is 19.1. The largest absolute Gasteiger partial charge is 0.372 e. The van der Waals surface area contributed by atoms with Crippen molar-refractivity contribution in [2.24, 2.45) is 0 Å². The number of aryl methyl sites for hydroxylation is 1. The van der Waals surface area contributed by atoms with E-state index in [2.05, 4.69) is 30.2 Å². The average Bonchev–Trinajstić information content (AvgIpc) is 3.37. The number of hydrogen-bond acceptors (Lipinski definition) is 10. The number of carbonyl (C=O) groups excluding carboxylic acids is 1. The summed E-state index contributed by atoms with van der Waals surface area (Å²) in [5.74, 6) is 0.0413. The minimum absolute atomic E-state index is 0.0365. The van der Waals surface area contributed by atoms with Crippen molar-refractivity contribution >= 4 is 40.2 Å². The zero-order valence-corrected chi connectivity index (χ0v) is 24.9. The number of hydroxylamine groups is 1. The predicted octanol–water partition coefficient (Wildman–Crippen LogP) is 4.89. The number of anilines is 4. The Morgan fingerprint density at radius 1 is 0.955 bits per heavy atom. The van der Waals surface area contributed by atoms with Gasteiger partial charge in [-0.3, -0.25) is 10.0 Å². The van der Waals surface area contributed by atoms with Crippen molar-refractivity contribution in [3.63, 3.8) is 0 Å². The Bertz CT molecular complexity index is 1790. The van der Waals surface area contributed by atoms with Crippen molar-refractivity contribution in [2.45, 2.75) is 26.8 Å². The van der Waals surface area contributed by atoms with E-state index in [1.54, 1.807) is 35.9 Å². The lowest BCUT2D eigenvalue weighted by atomic mass is 10.1. The van der Waals surface area contributed by atoms with Gasteiger partial charge >= 0.3 is 0 Å². The maximum atomic E-state index is 15.0. The molecule has 0 saturated carbocycles. The minimum Gasteiger partial charge on any atom is -0.372 e. The minimum atomic E-state index is -0.682. The highest BCUT2D eigenvalue weighted by Crippen LogP contribution is 2.30. The van der Waals surface area contributed by atoms with Crippen molar-refractivity contribution in [3.05, 3.63) is 78.0 Å². The van der Waals surface area contributed by atoms with Crippen LogP contribution in [0.3, 0.4) is 0 Å². The zero-order chi connectivity index (χ0) is 31.5. The molecular formula is C30H32F2N10O2. The molecule has 0 atom stereocenters. The molecule has 5 rings (SSSR count). The van der Waals surface area contributed by atoms with Crippen molar-refractivity contribution in [1.29, 1.82) is 0 Å². The van der Waals surface area contributed by atoms with Gasteiger partial charge in [0, 0.05) is 45.0 Å². The fraction of sp³-hybridized carbons (Fsp3) is 0.267. The standard InChI is InChI=1S/C30H32F2N10O2/c1-17(2)42-18(3)36-28-22(31)12-20(13-24(28)42)27-23(32)16-35-30(38-27)37-25-8-7-21(15-33-25)40(4)10-11-41(5)26-9-6-19(14-34-26)29(43)39-44/h6-9,12-17,44H,10-11H2,1-5H3,(H,39,43)(H,33,35,37,38). The van der Waals surface area contributed by atoms with Crippen LogP contribution in [-0.4, -0.2) is 67.8 Å². The van der Waals surface area contributed by atoms with Gasteiger partial charge in [-0.2, -0.15) is 0 Å². The molecule has 0 unspecified atom stereocenters. The first kappa shape index (κ1) is 30.2. The average molecular weight is 603 g/mol. The number of halogens is 2. The van der Waals surface area contributed by atoms with E-state index < -0.39 is 17.5 Å². The number of likely N-dealkylation sites (N-methyl/N-ethyl adjacent to an activating group) is 2. The van der Waals surface area contributed by atoms with Crippen molar-refractivity contribution in [2.75, 3.05) is 42.3 Å². The third-order valence-electron chi connectivity index (χ3n) is 7.16. The summed E-state index contributed by atoms with van der Waals surface area (Å²) >= 11 is 0. The number of nitrogens with one attached hydrogen (secondary N) is 2. The number of imidazole rings is 1. The summed E-state index contributed by atoms with van der Waals surface area (Å²) in [6, 6.07) is 9.87. The number of fused-ring (bicyclic) bond motifs is 1. The van der Waals surface area contributed by atoms with Gasteiger partial charge in [0.2, 0.25) is 5.95 Å². The van der Waals surface area contributed by atoms with Crippen LogP contribution < -0.4 is 20.6 Å². The number of pyridine rings is 2. The topological polar surface area (TPSA) is 137 Å². The normalized spacial score (nSPS) is 11.2. The fourth-order valence-corrected chi connectivity index (χ4v) is 4.84.